The first-order chi connectivity index (χ1) is 17.0. The molecule has 5 rings (SSSR count). The number of aromatic nitrogens is 2. The molecule has 0 aliphatic carbocycles. The second-order valence-corrected chi connectivity index (χ2v) is 11.8. The largest absolute Gasteiger partial charge is 0.330 e. The fourth-order valence-corrected chi connectivity index (χ4v) is 6.71. The number of carbonyl (C=O) groups excluding carboxylic acids is 1. The van der Waals surface area contributed by atoms with Crippen molar-refractivity contribution < 1.29 is 13.2 Å². The molecule has 0 radical (unpaired) electrons. The molecular weight excluding hydrogens is 478 g/mol. The molecule has 3 heterocycles. The third-order valence-corrected chi connectivity index (χ3v) is 8.67. The highest BCUT2D eigenvalue weighted by molar-refractivity contribution is 7.91. The van der Waals surface area contributed by atoms with Crippen molar-refractivity contribution >= 4 is 33.2 Å². The maximum atomic E-state index is 13.4. The Morgan fingerprint density at radius 3 is 2.46 bits per heavy atom. The number of thiophene rings is 1. The van der Waals surface area contributed by atoms with Crippen molar-refractivity contribution in [2.45, 2.75) is 19.0 Å². The third-order valence-electron chi connectivity index (χ3n) is 6.05. The smallest absolute Gasteiger partial charge is 0.247 e. The zero-order chi connectivity index (χ0) is 24.3. The summed E-state index contributed by atoms with van der Waals surface area (Å²) in [6.45, 7) is 0.399. The zero-order valence-electron chi connectivity index (χ0n) is 19.0. The summed E-state index contributed by atoms with van der Waals surface area (Å²) in [5, 5.41) is 6.76. The second-order valence-electron chi connectivity index (χ2n) is 8.51. The van der Waals surface area contributed by atoms with Crippen molar-refractivity contribution in [2.75, 3.05) is 11.5 Å². The Balaban J connectivity index is 1.47. The van der Waals surface area contributed by atoms with Gasteiger partial charge < -0.3 is 4.90 Å². The Hall–Kier alpha value is -3.49. The standard InChI is InChI=1S/C27H25N3O3S2/c31-26(29(19-25-12-7-16-34-25)24-15-17-35(32,33)20-24)14-13-22-18-30(23-10-5-2-6-11-23)28-27(22)21-8-3-1-4-9-21/h1-14,16,18,24H,15,17,19-20H2/b14-13+. The quantitative estimate of drug-likeness (QED) is 0.339. The Kier molecular flexibility index (Phi) is 6.66. The summed E-state index contributed by atoms with van der Waals surface area (Å²) in [5.74, 6) is -0.0662. The van der Waals surface area contributed by atoms with Gasteiger partial charge in [-0.15, -0.1) is 11.3 Å². The van der Waals surface area contributed by atoms with Gasteiger partial charge in [-0.2, -0.15) is 5.10 Å². The molecule has 6 nitrogen and oxygen atoms in total. The van der Waals surface area contributed by atoms with Crippen molar-refractivity contribution in [3.8, 4) is 16.9 Å². The summed E-state index contributed by atoms with van der Waals surface area (Å²) in [6, 6.07) is 23.2. The van der Waals surface area contributed by atoms with E-state index < -0.39 is 9.84 Å². The molecule has 35 heavy (non-hydrogen) atoms. The number of benzene rings is 2. The van der Waals surface area contributed by atoms with E-state index in [-0.39, 0.29) is 23.5 Å². The summed E-state index contributed by atoms with van der Waals surface area (Å²) in [7, 11) is -3.12. The van der Waals surface area contributed by atoms with E-state index in [0.29, 0.717) is 13.0 Å². The van der Waals surface area contributed by atoms with Crippen molar-refractivity contribution in [1.29, 1.82) is 0 Å². The molecule has 2 aromatic heterocycles. The van der Waals surface area contributed by atoms with Gasteiger partial charge in [-0.3, -0.25) is 4.79 Å². The summed E-state index contributed by atoms with van der Waals surface area (Å²) < 4.78 is 26.1. The van der Waals surface area contributed by atoms with Gasteiger partial charge in [0.05, 0.1) is 29.4 Å². The van der Waals surface area contributed by atoms with Gasteiger partial charge >= 0.3 is 0 Å². The van der Waals surface area contributed by atoms with Gasteiger partial charge in [0.15, 0.2) is 9.84 Å². The van der Waals surface area contributed by atoms with Gasteiger partial charge in [-0.1, -0.05) is 54.6 Å². The Labute approximate surface area is 209 Å². The van der Waals surface area contributed by atoms with Crippen LogP contribution in [-0.2, 0) is 21.2 Å². The second kappa shape index (κ2) is 10.0. The maximum Gasteiger partial charge on any atom is 0.247 e. The van der Waals surface area contributed by atoms with Crippen LogP contribution < -0.4 is 0 Å². The fourth-order valence-electron chi connectivity index (χ4n) is 4.28. The highest BCUT2D eigenvalue weighted by Crippen LogP contribution is 2.26. The van der Waals surface area contributed by atoms with Gasteiger partial charge in [0.1, 0.15) is 0 Å². The molecule has 1 saturated heterocycles. The lowest BCUT2D eigenvalue weighted by molar-refractivity contribution is -0.128. The third kappa shape index (κ3) is 5.44. The maximum absolute atomic E-state index is 13.4. The van der Waals surface area contributed by atoms with Crippen LogP contribution in [0.25, 0.3) is 23.0 Å². The molecule has 1 aliphatic heterocycles. The van der Waals surface area contributed by atoms with Gasteiger partial charge in [-0.05, 0) is 36.1 Å². The number of rotatable bonds is 7. The van der Waals surface area contributed by atoms with E-state index in [1.807, 2.05) is 84.4 Å². The lowest BCUT2D eigenvalue weighted by Crippen LogP contribution is -2.39. The van der Waals surface area contributed by atoms with Crippen LogP contribution in [0.3, 0.4) is 0 Å². The predicted molar refractivity (Wildman–Crippen MR) is 140 cm³/mol. The highest BCUT2D eigenvalue weighted by atomic mass is 32.2. The van der Waals surface area contributed by atoms with Crippen LogP contribution in [0.2, 0.25) is 0 Å². The molecule has 1 fully saturated rings. The average molecular weight is 504 g/mol. The lowest BCUT2D eigenvalue weighted by atomic mass is 10.1. The minimum Gasteiger partial charge on any atom is -0.330 e. The highest BCUT2D eigenvalue weighted by Gasteiger charge is 2.34. The zero-order valence-corrected chi connectivity index (χ0v) is 20.7. The molecule has 0 bridgehead atoms. The normalized spacial score (nSPS) is 17.1. The van der Waals surface area contributed by atoms with Crippen LogP contribution in [-0.4, -0.2) is 46.6 Å². The number of carbonyl (C=O) groups is 1. The lowest BCUT2D eigenvalue weighted by Gasteiger charge is -2.26. The van der Waals surface area contributed by atoms with Gasteiger partial charge in [0.2, 0.25) is 5.91 Å². The van der Waals surface area contributed by atoms with Crippen molar-refractivity contribution in [2.24, 2.45) is 0 Å². The summed E-state index contributed by atoms with van der Waals surface area (Å²) in [5.41, 5.74) is 3.45. The molecule has 0 saturated carbocycles. The van der Waals surface area contributed by atoms with E-state index in [1.54, 1.807) is 27.0 Å². The van der Waals surface area contributed by atoms with Crippen LogP contribution in [0.15, 0.2) is 90.4 Å². The molecule has 1 atom stereocenters. The molecular formula is C27H25N3O3S2. The molecule has 1 aliphatic rings. The fraction of sp³-hybridized carbons (Fsp3) is 0.185. The predicted octanol–water partition coefficient (Wildman–Crippen LogP) is 4.83. The van der Waals surface area contributed by atoms with Crippen molar-refractivity contribution in [3.05, 3.63) is 101 Å². The molecule has 0 N–H and O–H groups in total. The first-order valence-corrected chi connectivity index (χ1v) is 14.1. The van der Waals surface area contributed by atoms with E-state index in [0.717, 1.165) is 27.4 Å². The summed E-state index contributed by atoms with van der Waals surface area (Å²) >= 11 is 1.56. The Bertz CT molecular complexity index is 1430. The van der Waals surface area contributed by atoms with Crippen LogP contribution >= 0.6 is 11.3 Å². The molecule has 1 amide bonds. The number of hydrogen-bond acceptors (Lipinski definition) is 5. The molecule has 0 spiro atoms. The van der Waals surface area contributed by atoms with Crippen molar-refractivity contribution in [1.82, 2.24) is 14.7 Å². The van der Waals surface area contributed by atoms with Gasteiger partial charge in [-0.25, -0.2) is 13.1 Å². The van der Waals surface area contributed by atoms with E-state index >= 15 is 0 Å². The Morgan fingerprint density at radius 1 is 1.06 bits per heavy atom. The number of amides is 1. The molecule has 4 aromatic rings. The first kappa shape index (κ1) is 23.3. The number of nitrogens with zero attached hydrogens (tertiary/aromatic N) is 3. The van der Waals surface area contributed by atoms with Gasteiger partial charge in [0, 0.05) is 34.3 Å². The van der Waals surface area contributed by atoms with E-state index in [1.165, 1.54) is 6.08 Å². The topological polar surface area (TPSA) is 72.3 Å². The van der Waals surface area contributed by atoms with E-state index in [4.69, 9.17) is 5.10 Å². The van der Waals surface area contributed by atoms with Gasteiger partial charge in [0.25, 0.3) is 0 Å². The molecule has 8 heteroatoms. The minimum atomic E-state index is -3.12. The minimum absolute atomic E-state index is 0.0131. The van der Waals surface area contributed by atoms with Crippen LogP contribution in [0.4, 0.5) is 0 Å². The molecule has 1 unspecified atom stereocenters. The Morgan fingerprint density at radius 2 is 1.80 bits per heavy atom. The van der Waals surface area contributed by atoms with Crippen LogP contribution in [0.1, 0.15) is 16.9 Å². The number of hydrogen-bond donors (Lipinski definition) is 0. The average Bonchev–Trinajstić information content (AvgIpc) is 3.62. The monoisotopic (exact) mass is 503 g/mol. The van der Waals surface area contributed by atoms with Crippen LogP contribution in [0.5, 0.6) is 0 Å². The SMILES string of the molecule is O=C(/C=C/c1cn(-c2ccccc2)nc1-c1ccccc1)N(Cc1cccs1)C1CCS(=O)(=O)C1. The summed E-state index contributed by atoms with van der Waals surface area (Å²) in [6.07, 6.45) is 5.69. The number of sulfone groups is 1. The van der Waals surface area contributed by atoms with E-state index in [9.17, 15) is 13.2 Å². The first-order valence-electron chi connectivity index (χ1n) is 11.4. The molecule has 2 aromatic carbocycles. The van der Waals surface area contributed by atoms with Crippen LogP contribution in [0, 0.1) is 0 Å². The summed E-state index contributed by atoms with van der Waals surface area (Å²) in [4.78, 5) is 16.1. The van der Waals surface area contributed by atoms with E-state index in [2.05, 4.69) is 0 Å². The number of para-hydroxylation sites is 1. The molecule has 178 valence electrons. The van der Waals surface area contributed by atoms with Crippen molar-refractivity contribution in [3.63, 3.8) is 0 Å².